The molecular weight excluding hydrogens is 574 g/mol. The van der Waals surface area contributed by atoms with Crippen molar-refractivity contribution >= 4 is 50.5 Å². The molecule has 1 heterocycles. The van der Waals surface area contributed by atoms with Crippen LogP contribution in [0.4, 0.5) is 5.69 Å². The molecule has 1 saturated heterocycles. The van der Waals surface area contributed by atoms with Crippen LogP contribution < -0.4 is 9.47 Å². The lowest BCUT2D eigenvalue weighted by Gasteiger charge is -2.30. The Morgan fingerprint density at radius 3 is 2.56 bits per heavy atom. The van der Waals surface area contributed by atoms with Gasteiger partial charge in [-0.3, -0.25) is 9.69 Å². The molecular formula is C31H28BrN3O3S. The third kappa shape index (κ3) is 6.21. The summed E-state index contributed by atoms with van der Waals surface area (Å²) < 4.78 is 12.4. The zero-order valence-corrected chi connectivity index (χ0v) is 24.0. The molecule has 1 amide bonds. The number of carbonyl (C=O) groups excluding carboxylic acids is 1. The summed E-state index contributed by atoms with van der Waals surface area (Å²) in [6, 6.07) is 23.2. The molecule has 1 aliphatic carbocycles. The third-order valence-electron chi connectivity index (χ3n) is 6.85. The molecule has 1 saturated carbocycles. The van der Waals surface area contributed by atoms with Crippen molar-refractivity contribution in [2.24, 2.45) is 4.99 Å². The first-order chi connectivity index (χ1) is 19.1. The van der Waals surface area contributed by atoms with E-state index in [0.29, 0.717) is 22.0 Å². The molecule has 1 aliphatic heterocycles. The lowest BCUT2D eigenvalue weighted by molar-refractivity contribution is -0.124. The molecule has 39 heavy (non-hydrogen) atoms. The largest absolute Gasteiger partial charge is 0.493 e. The highest BCUT2D eigenvalue weighted by Gasteiger charge is 2.38. The molecule has 0 bridgehead atoms. The van der Waals surface area contributed by atoms with E-state index in [1.165, 1.54) is 18.2 Å². The number of benzene rings is 3. The fraction of sp³-hybridized carbons (Fsp3) is 0.258. The molecule has 2 fully saturated rings. The molecule has 0 atom stereocenters. The van der Waals surface area contributed by atoms with Crippen molar-refractivity contribution in [1.82, 2.24) is 4.90 Å². The average molecular weight is 603 g/mol. The quantitative estimate of drug-likeness (QED) is 0.258. The Bertz CT molecular complexity index is 1460. The van der Waals surface area contributed by atoms with Gasteiger partial charge in [0.1, 0.15) is 6.61 Å². The number of amidine groups is 1. The van der Waals surface area contributed by atoms with E-state index in [0.717, 1.165) is 52.1 Å². The maximum Gasteiger partial charge on any atom is 0.267 e. The van der Waals surface area contributed by atoms with Crippen LogP contribution >= 0.6 is 27.7 Å². The van der Waals surface area contributed by atoms with Crippen LogP contribution in [0.1, 0.15) is 48.8 Å². The molecule has 6 nitrogen and oxygen atoms in total. The number of para-hydroxylation sites is 1. The summed E-state index contributed by atoms with van der Waals surface area (Å²) in [5.74, 6) is 1.07. The van der Waals surface area contributed by atoms with E-state index >= 15 is 0 Å². The fourth-order valence-corrected chi connectivity index (χ4v) is 6.31. The topological polar surface area (TPSA) is 74.9 Å². The first-order valence-corrected chi connectivity index (χ1v) is 14.5. The van der Waals surface area contributed by atoms with Crippen molar-refractivity contribution < 1.29 is 14.3 Å². The normalized spacial score (nSPS) is 18.0. The maximum absolute atomic E-state index is 13.7. The molecule has 0 aromatic heterocycles. The van der Waals surface area contributed by atoms with E-state index in [1.807, 2.05) is 71.6 Å². The van der Waals surface area contributed by atoms with E-state index in [-0.39, 0.29) is 18.6 Å². The lowest BCUT2D eigenvalue weighted by Crippen LogP contribution is -2.40. The Hall–Kier alpha value is -3.54. The minimum atomic E-state index is -0.0131. The van der Waals surface area contributed by atoms with Crippen LogP contribution in [-0.2, 0) is 11.4 Å². The summed E-state index contributed by atoms with van der Waals surface area (Å²) in [4.78, 5) is 21.1. The number of hydrogen-bond donors (Lipinski definition) is 0. The minimum Gasteiger partial charge on any atom is -0.493 e. The van der Waals surface area contributed by atoms with Gasteiger partial charge < -0.3 is 9.47 Å². The standard InChI is InChI=1S/C31H28BrN3O3S/c1-37-27-16-23(26(32)18-28(27)38-20-22-11-9-8-10-21(22)19-33)17-29-30(36)35(25-14-6-3-7-15-25)31(39-29)34-24-12-4-2-5-13-24/h2,4-5,8-13,16-18,25H,3,6-7,14-15,20H2,1H3. The number of thioether (sulfide) groups is 1. The third-order valence-corrected chi connectivity index (χ3v) is 8.52. The number of hydrogen-bond acceptors (Lipinski definition) is 6. The van der Waals surface area contributed by atoms with Crippen molar-refractivity contribution in [3.05, 3.63) is 92.8 Å². The van der Waals surface area contributed by atoms with Crippen LogP contribution in [0.5, 0.6) is 11.5 Å². The molecule has 0 spiro atoms. The van der Waals surface area contributed by atoms with Crippen molar-refractivity contribution in [3.63, 3.8) is 0 Å². The summed E-state index contributed by atoms with van der Waals surface area (Å²) in [7, 11) is 1.58. The van der Waals surface area contributed by atoms with Gasteiger partial charge in [0.15, 0.2) is 16.7 Å². The lowest BCUT2D eigenvalue weighted by atomic mass is 9.94. The smallest absolute Gasteiger partial charge is 0.267 e. The van der Waals surface area contributed by atoms with Gasteiger partial charge >= 0.3 is 0 Å². The van der Waals surface area contributed by atoms with E-state index < -0.39 is 0 Å². The zero-order chi connectivity index (χ0) is 27.2. The molecule has 5 rings (SSSR count). The van der Waals surface area contributed by atoms with Gasteiger partial charge in [0.2, 0.25) is 0 Å². The van der Waals surface area contributed by atoms with Gasteiger partial charge in [-0.25, -0.2) is 4.99 Å². The summed E-state index contributed by atoms with van der Waals surface area (Å²) in [6.45, 7) is 0.233. The summed E-state index contributed by atoms with van der Waals surface area (Å²) in [6.07, 6.45) is 7.33. The predicted octanol–water partition coefficient (Wildman–Crippen LogP) is 7.85. The number of halogens is 1. The molecule has 8 heteroatoms. The number of methoxy groups -OCH3 is 1. The second-order valence-electron chi connectivity index (χ2n) is 9.39. The number of rotatable bonds is 7. The minimum absolute atomic E-state index is 0.0131. The van der Waals surface area contributed by atoms with Gasteiger partial charge in [-0.2, -0.15) is 5.26 Å². The first-order valence-electron chi connectivity index (χ1n) is 12.9. The molecule has 3 aromatic rings. The van der Waals surface area contributed by atoms with Crippen LogP contribution in [-0.4, -0.2) is 29.1 Å². The van der Waals surface area contributed by atoms with E-state index in [2.05, 4.69) is 22.0 Å². The number of nitriles is 1. The summed E-state index contributed by atoms with van der Waals surface area (Å²) in [5, 5.41) is 10.1. The monoisotopic (exact) mass is 601 g/mol. The average Bonchev–Trinajstić information content (AvgIpc) is 3.27. The predicted molar refractivity (Wildman–Crippen MR) is 159 cm³/mol. The Balaban J connectivity index is 1.44. The summed E-state index contributed by atoms with van der Waals surface area (Å²) in [5.41, 5.74) is 3.00. The van der Waals surface area contributed by atoms with Crippen molar-refractivity contribution in [2.75, 3.05) is 7.11 Å². The van der Waals surface area contributed by atoms with Gasteiger partial charge in [-0.15, -0.1) is 0 Å². The van der Waals surface area contributed by atoms with Crippen LogP contribution in [0.3, 0.4) is 0 Å². The Morgan fingerprint density at radius 1 is 1.08 bits per heavy atom. The van der Waals surface area contributed by atoms with E-state index in [4.69, 9.17) is 14.5 Å². The van der Waals surface area contributed by atoms with Gasteiger partial charge in [0.05, 0.1) is 29.3 Å². The second-order valence-corrected chi connectivity index (χ2v) is 11.3. The van der Waals surface area contributed by atoms with E-state index in [1.54, 1.807) is 13.2 Å². The molecule has 0 N–H and O–H groups in total. The SMILES string of the molecule is COc1cc(C=C2SC(=Nc3ccccc3)N(C3CCCCC3)C2=O)c(Br)cc1OCc1ccccc1C#N. The van der Waals surface area contributed by atoms with Crippen molar-refractivity contribution in [2.45, 2.75) is 44.8 Å². The Kier molecular flexibility index (Phi) is 8.70. The highest BCUT2D eigenvalue weighted by atomic mass is 79.9. The molecule has 0 unspecified atom stereocenters. The highest BCUT2D eigenvalue weighted by Crippen LogP contribution is 2.41. The summed E-state index contributed by atoms with van der Waals surface area (Å²) >= 11 is 5.07. The van der Waals surface area contributed by atoms with Gasteiger partial charge in [0, 0.05) is 16.1 Å². The van der Waals surface area contributed by atoms with Crippen LogP contribution in [0.25, 0.3) is 6.08 Å². The molecule has 3 aromatic carbocycles. The number of aliphatic imine (C=N–C) groups is 1. The number of amides is 1. The Morgan fingerprint density at radius 2 is 1.82 bits per heavy atom. The van der Waals surface area contributed by atoms with Gasteiger partial charge in [0.25, 0.3) is 5.91 Å². The van der Waals surface area contributed by atoms with Gasteiger partial charge in [-0.1, -0.05) is 71.6 Å². The van der Waals surface area contributed by atoms with E-state index in [9.17, 15) is 10.1 Å². The van der Waals surface area contributed by atoms with Crippen molar-refractivity contribution in [3.8, 4) is 17.6 Å². The fourth-order valence-electron chi connectivity index (χ4n) is 4.82. The van der Waals surface area contributed by atoms with Crippen LogP contribution in [0.2, 0.25) is 0 Å². The molecule has 198 valence electrons. The number of nitrogens with zero attached hydrogens (tertiary/aromatic N) is 3. The molecule has 2 aliphatic rings. The number of ether oxygens (including phenoxy) is 2. The van der Waals surface area contributed by atoms with Crippen LogP contribution in [0, 0.1) is 11.3 Å². The van der Waals surface area contributed by atoms with Crippen molar-refractivity contribution in [1.29, 1.82) is 5.26 Å². The maximum atomic E-state index is 13.7. The van der Waals surface area contributed by atoms with Gasteiger partial charge in [-0.05, 0) is 66.6 Å². The Labute approximate surface area is 241 Å². The zero-order valence-electron chi connectivity index (χ0n) is 21.6. The molecule has 0 radical (unpaired) electrons. The highest BCUT2D eigenvalue weighted by molar-refractivity contribution is 9.10. The number of carbonyl (C=O) groups is 1. The first kappa shape index (κ1) is 27.0. The van der Waals surface area contributed by atoms with Crippen LogP contribution in [0.15, 0.2) is 81.1 Å². The second kappa shape index (κ2) is 12.5.